The first-order valence-corrected chi connectivity index (χ1v) is 7.36. The second-order valence-corrected chi connectivity index (χ2v) is 7.12. The number of nitrogens with zero attached hydrogens (tertiary/aromatic N) is 1. The van der Waals surface area contributed by atoms with Crippen LogP contribution in [0.15, 0.2) is 18.2 Å². The maximum Gasteiger partial charge on any atom is 0.0399 e. The monoisotopic (exact) mass is 260 g/mol. The van der Waals surface area contributed by atoms with Gasteiger partial charge in [-0.1, -0.05) is 38.5 Å². The van der Waals surface area contributed by atoms with Gasteiger partial charge in [0.1, 0.15) is 0 Å². The lowest BCUT2D eigenvalue weighted by Gasteiger charge is -2.45. The van der Waals surface area contributed by atoms with Crippen molar-refractivity contribution in [3.8, 4) is 0 Å². The Bertz CT molecular complexity index is 445. The van der Waals surface area contributed by atoms with E-state index < -0.39 is 0 Å². The van der Waals surface area contributed by atoms with Gasteiger partial charge in [-0.15, -0.1) is 0 Å². The maximum atomic E-state index is 3.70. The van der Waals surface area contributed by atoms with Gasteiger partial charge >= 0.3 is 0 Å². The third-order valence-electron chi connectivity index (χ3n) is 4.28. The predicted molar refractivity (Wildman–Crippen MR) is 84.0 cm³/mol. The Labute approximate surface area is 118 Å². The average molecular weight is 260 g/mol. The predicted octanol–water partition coefficient (Wildman–Crippen LogP) is 3.52. The maximum absolute atomic E-state index is 3.70. The van der Waals surface area contributed by atoms with Crippen molar-refractivity contribution in [2.75, 3.05) is 18.0 Å². The first kappa shape index (κ1) is 14.4. The fraction of sp³-hybridized carbons (Fsp3) is 0.647. The summed E-state index contributed by atoms with van der Waals surface area (Å²) in [6, 6.07) is 7.90. The summed E-state index contributed by atoms with van der Waals surface area (Å²) in [6.07, 6.45) is 0. The van der Waals surface area contributed by atoms with Gasteiger partial charge in [-0.25, -0.2) is 0 Å². The Morgan fingerprint density at radius 2 is 1.89 bits per heavy atom. The van der Waals surface area contributed by atoms with E-state index in [2.05, 4.69) is 70.0 Å². The van der Waals surface area contributed by atoms with E-state index in [1.54, 1.807) is 0 Å². The van der Waals surface area contributed by atoms with Crippen LogP contribution in [-0.4, -0.2) is 25.2 Å². The van der Waals surface area contributed by atoms with Gasteiger partial charge in [0.05, 0.1) is 0 Å². The van der Waals surface area contributed by atoms with Crippen LogP contribution < -0.4 is 10.2 Å². The fourth-order valence-electron chi connectivity index (χ4n) is 2.91. The zero-order chi connectivity index (χ0) is 14.2. The molecule has 19 heavy (non-hydrogen) atoms. The largest absolute Gasteiger partial charge is 0.366 e. The van der Waals surface area contributed by atoms with E-state index in [1.807, 2.05) is 0 Å². The van der Waals surface area contributed by atoms with Gasteiger partial charge in [-0.3, -0.25) is 0 Å². The van der Waals surface area contributed by atoms with Crippen molar-refractivity contribution in [2.45, 2.75) is 53.6 Å². The van der Waals surface area contributed by atoms with Crippen LogP contribution in [0.2, 0.25) is 0 Å². The Morgan fingerprint density at radius 1 is 1.21 bits per heavy atom. The summed E-state index contributed by atoms with van der Waals surface area (Å²) in [6.45, 7) is 15.8. The summed E-state index contributed by atoms with van der Waals surface area (Å²) in [5.74, 6) is 0. The molecule has 106 valence electrons. The number of nitrogens with one attached hydrogen (secondary N) is 1. The minimum Gasteiger partial charge on any atom is -0.366 e. The van der Waals surface area contributed by atoms with Gasteiger partial charge < -0.3 is 10.2 Å². The van der Waals surface area contributed by atoms with Crippen molar-refractivity contribution in [1.82, 2.24) is 5.32 Å². The number of benzene rings is 1. The molecule has 2 atom stereocenters. The number of rotatable bonds is 1. The van der Waals surface area contributed by atoms with Crippen molar-refractivity contribution >= 4 is 5.69 Å². The van der Waals surface area contributed by atoms with Crippen LogP contribution in [0.4, 0.5) is 5.69 Å². The third kappa shape index (κ3) is 3.11. The first-order chi connectivity index (χ1) is 8.79. The highest BCUT2D eigenvalue weighted by Crippen LogP contribution is 2.29. The second kappa shape index (κ2) is 5.16. The Hall–Kier alpha value is -1.02. The molecular formula is C17H28N2. The number of piperazine rings is 1. The molecule has 2 rings (SSSR count). The topological polar surface area (TPSA) is 15.3 Å². The fourth-order valence-corrected chi connectivity index (χ4v) is 2.91. The highest BCUT2D eigenvalue weighted by atomic mass is 15.2. The minimum absolute atomic E-state index is 0.303. The van der Waals surface area contributed by atoms with Crippen LogP contribution in [0, 0.1) is 19.3 Å². The normalized spacial score (nSPS) is 24.6. The van der Waals surface area contributed by atoms with Crippen LogP contribution >= 0.6 is 0 Å². The molecule has 1 heterocycles. The van der Waals surface area contributed by atoms with Gasteiger partial charge in [0, 0.05) is 30.9 Å². The molecule has 0 saturated carbocycles. The summed E-state index contributed by atoms with van der Waals surface area (Å²) >= 11 is 0. The van der Waals surface area contributed by atoms with Gasteiger partial charge in [-0.2, -0.15) is 0 Å². The van der Waals surface area contributed by atoms with E-state index in [0.29, 0.717) is 17.5 Å². The molecule has 2 heteroatoms. The first-order valence-electron chi connectivity index (χ1n) is 7.36. The molecule has 0 amide bonds. The molecule has 0 aromatic heterocycles. The summed E-state index contributed by atoms with van der Waals surface area (Å²) < 4.78 is 0. The molecule has 2 unspecified atom stereocenters. The van der Waals surface area contributed by atoms with E-state index in [4.69, 9.17) is 0 Å². The Morgan fingerprint density at radius 3 is 2.47 bits per heavy atom. The molecule has 0 radical (unpaired) electrons. The highest BCUT2D eigenvalue weighted by molar-refractivity contribution is 5.55. The van der Waals surface area contributed by atoms with Crippen molar-refractivity contribution < 1.29 is 0 Å². The molecule has 0 bridgehead atoms. The zero-order valence-electron chi connectivity index (χ0n) is 13.2. The molecule has 1 aromatic carbocycles. The molecule has 1 aliphatic heterocycles. The van der Waals surface area contributed by atoms with Crippen molar-refractivity contribution in [3.05, 3.63) is 29.3 Å². The van der Waals surface area contributed by atoms with E-state index >= 15 is 0 Å². The molecule has 1 N–H and O–H groups in total. The van der Waals surface area contributed by atoms with Crippen molar-refractivity contribution in [2.24, 2.45) is 5.41 Å². The van der Waals surface area contributed by atoms with Gasteiger partial charge in [0.15, 0.2) is 0 Å². The summed E-state index contributed by atoms with van der Waals surface area (Å²) in [5, 5.41) is 3.70. The molecule has 0 spiro atoms. The van der Waals surface area contributed by atoms with E-state index in [-0.39, 0.29) is 0 Å². The quantitative estimate of drug-likeness (QED) is 0.831. The van der Waals surface area contributed by atoms with Crippen LogP contribution in [0.3, 0.4) is 0 Å². The van der Waals surface area contributed by atoms with Crippen molar-refractivity contribution in [3.63, 3.8) is 0 Å². The number of hydrogen-bond donors (Lipinski definition) is 1. The Balaban J connectivity index is 2.26. The number of aryl methyl sites for hydroxylation is 2. The lowest BCUT2D eigenvalue weighted by Crippen LogP contribution is -2.59. The van der Waals surface area contributed by atoms with Gasteiger partial charge in [0.25, 0.3) is 0 Å². The smallest absolute Gasteiger partial charge is 0.0399 e. The molecule has 1 aromatic rings. The zero-order valence-corrected chi connectivity index (χ0v) is 13.2. The SMILES string of the molecule is Cc1ccc(N2CC(C(C)(C)C)NCC2C)c(C)c1. The van der Waals surface area contributed by atoms with Gasteiger partial charge in [-0.05, 0) is 37.8 Å². The van der Waals surface area contributed by atoms with E-state index in [1.165, 1.54) is 16.8 Å². The van der Waals surface area contributed by atoms with Crippen LogP contribution in [-0.2, 0) is 0 Å². The lowest BCUT2D eigenvalue weighted by atomic mass is 9.84. The summed E-state index contributed by atoms with van der Waals surface area (Å²) in [7, 11) is 0. The summed E-state index contributed by atoms with van der Waals surface area (Å²) in [5.41, 5.74) is 4.43. The second-order valence-electron chi connectivity index (χ2n) is 7.12. The minimum atomic E-state index is 0.303. The van der Waals surface area contributed by atoms with Crippen LogP contribution in [0.1, 0.15) is 38.8 Å². The summed E-state index contributed by atoms with van der Waals surface area (Å²) in [4.78, 5) is 2.57. The highest BCUT2D eigenvalue weighted by Gasteiger charge is 2.32. The Kier molecular flexibility index (Phi) is 3.91. The lowest BCUT2D eigenvalue weighted by molar-refractivity contribution is 0.239. The van der Waals surface area contributed by atoms with Gasteiger partial charge in [0.2, 0.25) is 0 Å². The molecule has 1 saturated heterocycles. The van der Waals surface area contributed by atoms with Crippen LogP contribution in [0.5, 0.6) is 0 Å². The molecule has 0 aliphatic carbocycles. The van der Waals surface area contributed by atoms with E-state index in [9.17, 15) is 0 Å². The number of hydrogen-bond acceptors (Lipinski definition) is 2. The third-order valence-corrected chi connectivity index (χ3v) is 4.28. The average Bonchev–Trinajstić information content (AvgIpc) is 2.29. The standard InChI is InChI=1S/C17H28N2/c1-12-7-8-15(13(2)9-12)19-11-16(17(4,5)6)18-10-14(19)3/h7-9,14,16,18H,10-11H2,1-6H3. The molecular weight excluding hydrogens is 232 g/mol. The molecule has 2 nitrogen and oxygen atoms in total. The van der Waals surface area contributed by atoms with Crippen LogP contribution in [0.25, 0.3) is 0 Å². The van der Waals surface area contributed by atoms with Crippen molar-refractivity contribution in [1.29, 1.82) is 0 Å². The molecule has 1 fully saturated rings. The molecule has 1 aliphatic rings. The van der Waals surface area contributed by atoms with E-state index in [0.717, 1.165) is 13.1 Å². The number of anilines is 1.